The third-order valence-corrected chi connectivity index (χ3v) is 8.51. The number of nitrogens with zero attached hydrogens (tertiary/aromatic N) is 3. The van der Waals surface area contributed by atoms with Crippen LogP contribution in [0.3, 0.4) is 0 Å². The summed E-state index contributed by atoms with van der Waals surface area (Å²) in [6, 6.07) is 7.76. The van der Waals surface area contributed by atoms with E-state index in [2.05, 4.69) is 15.2 Å². The number of rotatable bonds is 8. The van der Waals surface area contributed by atoms with E-state index in [1.54, 1.807) is 27.8 Å². The summed E-state index contributed by atoms with van der Waals surface area (Å²) in [5, 5.41) is 16.5. The van der Waals surface area contributed by atoms with E-state index >= 15 is 0 Å². The van der Waals surface area contributed by atoms with E-state index in [0.29, 0.717) is 17.1 Å². The van der Waals surface area contributed by atoms with Gasteiger partial charge in [0.05, 0.1) is 35.3 Å². The van der Waals surface area contributed by atoms with Crippen molar-refractivity contribution in [1.29, 1.82) is 0 Å². The number of anilines is 2. The van der Waals surface area contributed by atoms with Crippen LogP contribution in [0.25, 0.3) is 0 Å². The van der Waals surface area contributed by atoms with Gasteiger partial charge >= 0.3 is 6.03 Å². The topological polar surface area (TPSA) is 154 Å². The summed E-state index contributed by atoms with van der Waals surface area (Å²) in [4.78, 5) is 29.5. The summed E-state index contributed by atoms with van der Waals surface area (Å²) in [5.74, 6) is -0.982. The molecule has 0 spiro atoms. The Morgan fingerprint density at radius 1 is 1.24 bits per heavy atom. The van der Waals surface area contributed by atoms with E-state index in [1.807, 2.05) is 6.92 Å². The molecule has 3 aromatic rings. The molecule has 42 heavy (non-hydrogen) atoms. The zero-order valence-corrected chi connectivity index (χ0v) is 24.7. The first-order valence-electron chi connectivity index (χ1n) is 13.3. The van der Waals surface area contributed by atoms with Crippen LogP contribution in [0.2, 0.25) is 0 Å². The molecule has 2 aromatic carbocycles. The molecule has 4 rings (SSSR count). The molecule has 3 atom stereocenters. The number of sulfonamides is 1. The van der Waals surface area contributed by atoms with Crippen LogP contribution in [-0.4, -0.2) is 79.3 Å². The largest absolute Gasteiger partial charge is 0.485 e. The van der Waals surface area contributed by atoms with Gasteiger partial charge < -0.3 is 29.5 Å². The van der Waals surface area contributed by atoms with Crippen molar-refractivity contribution in [1.82, 2.24) is 15.0 Å². The Bertz CT molecular complexity index is 1540. The predicted molar refractivity (Wildman–Crippen MR) is 152 cm³/mol. The third kappa shape index (κ3) is 6.49. The molecule has 2 heterocycles. The Labute approximate surface area is 243 Å². The summed E-state index contributed by atoms with van der Waals surface area (Å²) in [7, 11) is -2.62. The van der Waals surface area contributed by atoms with Crippen molar-refractivity contribution in [2.24, 2.45) is 5.92 Å². The molecule has 12 nitrogen and oxygen atoms in total. The number of aliphatic hydroxyl groups is 1. The Morgan fingerprint density at radius 2 is 1.93 bits per heavy atom. The minimum Gasteiger partial charge on any atom is -0.485 e. The highest BCUT2D eigenvalue weighted by atomic mass is 32.2. The van der Waals surface area contributed by atoms with Gasteiger partial charge in [-0.05, 0) is 57.2 Å². The summed E-state index contributed by atoms with van der Waals surface area (Å²) >= 11 is 0. The number of aliphatic hydroxyl groups excluding tert-OH is 1. The van der Waals surface area contributed by atoms with Crippen molar-refractivity contribution in [2.75, 3.05) is 36.8 Å². The van der Waals surface area contributed by atoms with E-state index in [0.717, 1.165) is 24.3 Å². The summed E-state index contributed by atoms with van der Waals surface area (Å²) in [5.41, 5.74) is 1.04. The Morgan fingerprint density at radius 3 is 2.55 bits per heavy atom. The van der Waals surface area contributed by atoms with Gasteiger partial charge in [0.15, 0.2) is 11.5 Å². The molecule has 3 amide bonds. The fourth-order valence-corrected chi connectivity index (χ4v) is 5.64. The maximum atomic E-state index is 13.7. The number of benzene rings is 2. The Balaban J connectivity index is 1.70. The van der Waals surface area contributed by atoms with Crippen LogP contribution >= 0.6 is 0 Å². The van der Waals surface area contributed by atoms with Gasteiger partial charge in [-0.25, -0.2) is 17.6 Å². The van der Waals surface area contributed by atoms with Crippen molar-refractivity contribution >= 4 is 33.3 Å². The molecular weight excluding hydrogens is 569 g/mol. The molecule has 0 radical (unpaired) electrons. The fraction of sp³-hybridized carbons (Fsp3) is 0.393. The average Bonchev–Trinajstić information content (AvgIpc) is 3.26. The molecule has 0 unspecified atom stereocenters. The summed E-state index contributed by atoms with van der Waals surface area (Å²) < 4.78 is 53.7. The molecule has 1 aliphatic heterocycles. The molecule has 14 heteroatoms. The van der Waals surface area contributed by atoms with Gasteiger partial charge in [-0.2, -0.15) is 0 Å². The molecule has 0 bridgehead atoms. The zero-order chi connectivity index (χ0) is 30.8. The van der Waals surface area contributed by atoms with E-state index < -0.39 is 39.9 Å². The number of urea groups is 1. The predicted octanol–water partition coefficient (Wildman–Crippen LogP) is 3.62. The first-order chi connectivity index (χ1) is 19.8. The molecule has 1 aromatic heterocycles. The number of carbonyl (C=O) groups excluding carboxylic acids is 2. The van der Waals surface area contributed by atoms with Crippen LogP contribution in [0, 0.1) is 25.6 Å². The number of halogens is 1. The van der Waals surface area contributed by atoms with Crippen LogP contribution in [0.1, 0.15) is 35.7 Å². The summed E-state index contributed by atoms with van der Waals surface area (Å²) in [6.07, 6.45) is -0.706. The number of carbonyl (C=O) groups is 2. The number of para-hydroxylation sites is 1. The lowest BCUT2D eigenvalue weighted by Gasteiger charge is -2.38. The van der Waals surface area contributed by atoms with Crippen molar-refractivity contribution < 1.29 is 36.8 Å². The lowest BCUT2D eigenvalue weighted by Crippen LogP contribution is -2.50. The van der Waals surface area contributed by atoms with Crippen LogP contribution in [0.4, 0.5) is 20.6 Å². The number of fused-ring (bicyclic) bond motifs is 1. The van der Waals surface area contributed by atoms with Gasteiger partial charge in [-0.3, -0.25) is 9.52 Å². The van der Waals surface area contributed by atoms with E-state index in [-0.39, 0.29) is 47.5 Å². The maximum Gasteiger partial charge on any atom is 0.321 e. The lowest BCUT2D eigenvalue weighted by molar-refractivity contribution is 0.0373. The third-order valence-electron chi connectivity index (χ3n) is 7.13. The van der Waals surface area contributed by atoms with Crippen molar-refractivity contribution in [3.63, 3.8) is 0 Å². The van der Waals surface area contributed by atoms with E-state index in [1.165, 1.54) is 28.0 Å². The second-order valence-electron chi connectivity index (χ2n) is 10.4. The number of aromatic nitrogens is 1. The zero-order valence-electron chi connectivity index (χ0n) is 23.9. The average molecular weight is 604 g/mol. The second-order valence-corrected chi connectivity index (χ2v) is 12.1. The van der Waals surface area contributed by atoms with Gasteiger partial charge in [0.1, 0.15) is 23.3 Å². The van der Waals surface area contributed by atoms with Gasteiger partial charge in [0, 0.05) is 19.5 Å². The van der Waals surface area contributed by atoms with Gasteiger partial charge in [0.2, 0.25) is 0 Å². The number of likely N-dealkylation sites (N-methyl/N-ethyl adjacent to an activating group) is 1. The van der Waals surface area contributed by atoms with Gasteiger partial charge in [-0.15, -0.1) is 0 Å². The quantitative estimate of drug-likeness (QED) is 0.353. The number of aryl methyl sites for hydroxylation is 2. The highest BCUT2D eigenvalue weighted by Gasteiger charge is 2.35. The minimum atomic E-state index is -4.19. The highest BCUT2D eigenvalue weighted by Crippen LogP contribution is 2.36. The highest BCUT2D eigenvalue weighted by molar-refractivity contribution is 7.92. The minimum absolute atomic E-state index is 0.0105. The molecular formula is C28H34FN5O7S. The number of hydrogen-bond acceptors (Lipinski definition) is 8. The van der Waals surface area contributed by atoms with E-state index in [4.69, 9.17) is 9.26 Å². The first kappa shape index (κ1) is 30.8. The smallest absolute Gasteiger partial charge is 0.321 e. The van der Waals surface area contributed by atoms with Crippen LogP contribution in [0.5, 0.6) is 5.75 Å². The number of ether oxygens (including phenoxy) is 1. The first-order valence-corrected chi connectivity index (χ1v) is 14.8. The van der Waals surface area contributed by atoms with Gasteiger partial charge in [-0.1, -0.05) is 18.1 Å². The van der Waals surface area contributed by atoms with Gasteiger partial charge in [0.25, 0.3) is 15.9 Å². The monoisotopic (exact) mass is 603 g/mol. The van der Waals surface area contributed by atoms with Crippen LogP contribution in [-0.2, 0) is 10.0 Å². The van der Waals surface area contributed by atoms with Crippen molar-refractivity contribution in [3.8, 4) is 5.75 Å². The molecule has 1 aliphatic rings. The Kier molecular flexibility index (Phi) is 9.06. The normalized spacial score (nSPS) is 17.9. The standard InChI is InChI=1S/C28H34FN5O7S/c1-16-13-34(17(2)15-35)27(36)22-7-6-8-23(32-42(38,39)21-11-9-20(29)10-12-21)26(22)40-24(16)14-33(5)28(37)30-25-18(3)31-41-19(25)4/h6-12,16-17,24,32,35H,13-15H2,1-5H3,(H,30,37)/t16-,17-,24-/m1/s1. The lowest BCUT2D eigenvalue weighted by atomic mass is 9.99. The SMILES string of the molecule is Cc1noc(C)c1NC(=O)N(C)C[C@H]1Oc2c(NS(=O)(=O)c3ccc(F)cc3)cccc2C(=O)N([C@H](C)CO)C[C@H]1C. The number of hydrogen-bond donors (Lipinski definition) is 3. The second kappa shape index (κ2) is 12.4. The molecule has 0 fully saturated rings. The molecule has 0 saturated carbocycles. The molecule has 0 aliphatic carbocycles. The Hall–Kier alpha value is -4.17. The maximum absolute atomic E-state index is 13.7. The van der Waals surface area contributed by atoms with Crippen LogP contribution < -0.4 is 14.8 Å². The van der Waals surface area contributed by atoms with Crippen molar-refractivity contribution in [2.45, 2.75) is 44.7 Å². The molecule has 3 N–H and O–H groups in total. The number of amides is 3. The molecule has 0 saturated heterocycles. The molecule has 226 valence electrons. The number of nitrogens with one attached hydrogen (secondary N) is 2. The fourth-order valence-electron chi connectivity index (χ4n) is 4.58. The summed E-state index contributed by atoms with van der Waals surface area (Å²) in [6.45, 7) is 6.88. The van der Waals surface area contributed by atoms with E-state index in [9.17, 15) is 27.5 Å². The van der Waals surface area contributed by atoms with Crippen molar-refractivity contribution in [3.05, 3.63) is 65.3 Å². The van der Waals surface area contributed by atoms with Crippen LogP contribution in [0.15, 0.2) is 51.9 Å².